The average molecular weight is 344 g/mol. The number of carbonyl (C=O) groups excluding carboxylic acids is 1. The molecule has 0 atom stereocenters. The summed E-state index contributed by atoms with van der Waals surface area (Å²) in [6, 6.07) is 12.2. The van der Waals surface area contributed by atoms with Crippen molar-refractivity contribution in [3.05, 3.63) is 70.0 Å². The van der Waals surface area contributed by atoms with E-state index in [2.05, 4.69) is 15.9 Å². The normalized spacial score (nSPS) is 11.0. The number of nitrogens with zero attached hydrogens (tertiary/aromatic N) is 1. The zero-order valence-electron chi connectivity index (χ0n) is 11.5. The predicted molar refractivity (Wildman–Crippen MR) is 86.0 cm³/mol. The first kappa shape index (κ1) is 13.9. The Hall–Kier alpha value is -2.07. The van der Waals surface area contributed by atoms with E-state index >= 15 is 0 Å². The van der Waals surface area contributed by atoms with Gasteiger partial charge in [0.15, 0.2) is 0 Å². The number of halogens is 1. The van der Waals surface area contributed by atoms with Crippen LogP contribution in [0.4, 0.5) is 0 Å². The highest BCUT2D eigenvalue weighted by Crippen LogP contribution is 2.31. The van der Waals surface area contributed by atoms with Crippen LogP contribution in [-0.4, -0.2) is 15.3 Å². The molecular weight excluding hydrogens is 330 g/mol. The molecule has 0 fully saturated rings. The molecule has 21 heavy (non-hydrogen) atoms. The standard InChI is InChI=1S/C17H14BrNO2/c1-2-13-15(18)14-5-3-4-10-19(14)16(13)17(21)11-6-8-12(20)9-7-11/h3-10,20H,2H2,1H3. The van der Waals surface area contributed by atoms with Gasteiger partial charge in [-0.05, 0) is 64.3 Å². The van der Waals surface area contributed by atoms with E-state index in [4.69, 9.17) is 0 Å². The van der Waals surface area contributed by atoms with E-state index in [-0.39, 0.29) is 11.5 Å². The van der Waals surface area contributed by atoms with E-state index in [1.807, 2.05) is 35.7 Å². The highest BCUT2D eigenvalue weighted by Gasteiger charge is 2.21. The van der Waals surface area contributed by atoms with Crippen molar-refractivity contribution in [2.75, 3.05) is 0 Å². The number of benzene rings is 1. The van der Waals surface area contributed by atoms with Crippen molar-refractivity contribution in [3.8, 4) is 5.75 Å². The maximum atomic E-state index is 12.8. The molecule has 0 aliphatic heterocycles. The van der Waals surface area contributed by atoms with Gasteiger partial charge in [0.25, 0.3) is 0 Å². The van der Waals surface area contributed by atoms with Gasteiger partial charge in [0.1, 0.15) is 5.75 Å². The summed E-state index contributed by atoms with van der Waals surface area (Å²) in [5, 5.41) is 9.36. The summed E-state index contributed by atoms with van der Waals surface area (Å²) in [5.74, 6) is 0.113. The van der Waals surface area contributed by atoms with Gasteiger partial charge < -0.3 is 9.51 Å². The lowest BCUT2D eigenvalue weighted by atomic mass is 10.0. The Bertz CT molecular complexity index is 819. The molecule has 2 aromatic heterocycles. The second kappa shape index (κ2) is 5.37. The summed E-state index contributed by atoms with van der Waals surface area (Å²) in [6.07, 6.45) is 2.66. The van der Waals surface area contributed by atoms with E-state index in [9.17, 15) is 9.90 Å². The number of phenolic OH excluding ortho intramolecular Hbond substituents is 1. The molecule has 0 radical (unpaired) electrons. The summed E-state index contributed by atoms with van der Waals surface area (Å²) in [6.45, 7) is 2.03. The van der Waals surface area contributed by atoms with Crippen molar-refractivity contribution >= 4 is 27.2 Å². The van der Waals surface area contributed by atoms with Crippen LogP contribution in [0.5, 0.6) is 5.75 Å². The minimum Gasteiger partial charge on any atom is -0.508 e. The van der Waals surface area contributed by atoms with Crippen LogP contribution >= 0.6 is 15.9 Å². The first-order chi connectivity index (χ1) is 10.1. The Balaban J connectivity index is 2.24. The van der Waals surface area contributed by atoms with Gasteiger partial charge in [-0.3, -0.25) is 4.79 Å². The maximum Gasteiger partial charge on any atom is 0.210 e. The number of ketones is 1. The minimum atomic E-state index is -0.0428. The topological polar surface area (TPSA) is 41.7 Å². The fourth-order valence-electron chi connectivity index (χ4n) is 2.54. The zero-order chi connectivity index (χ0) is 15.0. The van der Waals surface area contributed by atoms with Crippen LogP contribution in [0.25, 0.3) is 5.52 Å². The number of rotatable bonds is 3. The highest BCUT2D eigenvalue weighted by molar-refractivity contribution is 9.10. The van der Waals surface area contributed by atoms with Gasteiger partial charge in [-0.15, -0.1) is 0 Å². The number of hydrogen-bond acceptors (Lipinski definition) is 2. The quantitative estimate of drug-likeness (QED) is 0.724. The molecule has 0 amide bonds. The molecule has 0 spiro atoms. The van der Waals surface area contributed by atoms with E-state index in [0.29, 0.717) is 11.3 Å². The van der Waals surface area contributed by atoms with Crippen LogP contribution in [0, 0.1) is 0 Å². The van der Waals surface area contributed by atoms with Gasteiger partial charge in [-0.1, -0.05) is 13.0 Å². The molecule has 0 bridgehead atoms. The van der Waals surface area contributed by atoms with Crippen molar-refractivity contribution in [2.24, 2.45) is 0 Å². The maximum absolute atomic E-state index is 12.8. The van der Waals surface area contributed by atoms with Gasteiger partial charge in [-0.2, -0.15) is 0 Å². The van der Waals surface area contributed by atoms with Gasteiger partial charge in [-0.25, -0.2) is 0 Å². The molecule has 0 saturated carbocycles. The molecule has 106 valence electrons. The van der Waals surface area contributed by atoms with E-state index in [0.717, 1.165) is 22.0 Å². The molecule has 4 heteroatoms. The number of aromatic hydroxyl groups is 1. The van der Waals surface area contributed by atoms with Crippen molar-refractivity contribution in [3.63, 3.8) is 0 Å². The molecule has 3 nitrogen and oxygen atoms in total. The second-order valence-electron chi connectivity index (χ2n) is 4.83. The molecule has 0 aliphatic carbocycles. The lowest BCUT2D eigenvalue weighted by Gasteiger charge is -2.05. The monoisotopic (exact) mass is 343 g/mol. The van der Waals surface area contributed by atoms with E-state index in [1.54, 1.807) is 12.1 Å². The van der Waals surface area contributed by atoms with Crippen molar-refractivity contribution in [1.82, 2.24) is 4.40 Å². The summed E-state index contributed by atoms with van der Waals surface area (Å²) >= 11 is 3.60. The van der Waals surface area contributed by atoms with Crippen LogP contribution in [0.1, 0.15) is 28.5 Å². The van der Waals surface area contributed by atoms with Crippen LogP contribution in [0.3, 0.4) is 0 Å². The Morgan fingerprint density at radius 1 is 1.19 bits per heavy atom. The average Bonchev–Trinajstić information content (AvgIpc) is 2.80. The number of aromatic nitrogens is 1. The second-order valence-corrected chi connectivity index (χ2v) is 5.62. The molecular formula is C17H14BrNO2. The largest absolute Gasteiger partial charge is 0.508 e. The van der Waals surface area contributed by atoms with Crippen molar-refractivity contribution in [2.45, 2.75) is 13.3 Å². The SMILES string of the molecule is CCc1c(Br)c2ccccn2c1C(=O)c1ccc(O)cc1. The van der Waals surface area contributed by atoms with Crippen molar-refractivity contribution < 1.29 is 9.90 Å². The molecule has 1 aromatic carbocycles. The minimum absolute atomic E-state index is 0.0428. The van der Waals surface area contributed by atoms with Crippen LogP contribution in [-0.2, 0) is 6.42 Å². The third kappa shape index (κ3) is 2.25. The van der Waals surface area contributed by atoms with Crippen molar-refractivity contribution in [1.29, 1.82) is 0 Å². The summed E-state index contributed by atoms with van der Waals surface area (Å²) in [5.41, 5.74) is 3.22. The number of hydrogen-bond donors (Lipinski definition) is 1. The number of carbonyl (C=O) groups is 1. The highest BCUT2D eigenvalue weighted by atomic mass is 79.9. The fourth-order valence-corrected chi connectivity index (χ4v) is 3.33. The third-order valence-electron chi connectivity index (χ3n) is 3.57. The molecule has 0 aliphatic rings. The molecule has 0 unspecified atom stereocenters. The summed E-state index contributed by atoms with van der Waals surface area (Å²) < 4.78 is 2.88. The predicted octanol–water partition coefficient (Wildman–Crippen LogP) is 4.20. The smallest absolute Gasteiger partial charge is 0.210 e. The van der Waals surface area contributed by atoms with Crippen LogP contribution in [0.2, 0.25) is 0 Å². The van der Waals surface area contributed by atoms with Gasteiger partial charge in [0.2, 0.25) is 5.78 Å². The van der Waals surface area contributed by atoms with E-state index in [1.165, 1.54) is 12.1 Å². The first-order valence-electron chi connectivity index (χ1n) is 6.74. The Kier molecular flexibility index (Phi) is 3.55. The van der Waals surface area contributed by atoms with Gasteiger partial charge in [0, 0.05) is 16.2 Å². The first-order valence-corrected chi connectivity index (χ1v) is 7.54. The van der Waals surface area contributed by atoms with Gasteiger partial charge >= 0.3 is 0 Å². The molecule has 3 rings (SSSR count). The molecule has 2 heterocycles. The summed E-state index contributed by atoms with van der Waals surface area (Å²) in [4.78, 5) is 12.8. The number of pyridine rings is 1. The number of phenols is 1. The number of fused-ring (bicyclic) bond motifs is 1. The third-order valence-corrected chi connectivity index (χ3v) is 4.46. The zero-order valence-corrected chi connectivity index (χ0v) is 13.1. The van der Waals surface area contributed by atoms with E-state index < -0.39 is 0 Å². The Morgan fingerprint density at radius 3 is 2.57 bits per heavy atom. The Morgan fingerprint density at radius 2 is 1.90 bits per heavy atom. The van der Waals surface area contributed by atoms with Crippen LogP contribution < -0.4 is 0 Å². The molecule has 3 aromatic rings. The fraction of sp³-hybridized carbons (Fsp3) is 0.118. The lowest BCUT2D eigenvalue weighted by Crippen LogP contribution is -2.07. The molecule has 1 N–H and O–H groups in total. The lowest BCUT2D eigenvalue weighted by molar-refractivity contribution is 0.103. The summed E-state index contributed by atoms with van der Waals surface area (Å²) in [7, 11) is 0. The molecule has 0 saturated heterocycles. The Labute approximate surface area is 131 Å². The van der Waals surface area contributed by atoms with Gasteiger partial charge in [0.05, 0.1) is 11.2 Å². The van der Waals surface area contributed by atoms with Crippen LogP contribution in [0.15, 0.2) is 53.1 Å².